The van der Waals surface area contributed by atoms with E-state index in [1.165, 1.54) is 0 Å². The van der Waals surface area contributed by atoms with Crippen molar-refractivity contribution in [3.05, 3.63) is 30.1 Å². The molecule has 1 fully saturated rings. The number of carbonyl (C=O) groups excluding carboxylic acids is 2. The molecule has 96 valence electrons. The van der Waals surface area contributed by atoms with Crippen LogP contribution in [-0.2, 0) is 16.1 Å². The normalized spacial score (nSPS) is 19.2. The third-order valence-corrected chi connectivity index (χ3v) is 3.16. The smallest absolute Gasteiger partial charge is 0.227 e. The zero-order valence-corrected chi connectivity index (χ0v) is 10.4. The van der Waals surface area contributed by atoms with Crippen molar-refractivity contribution in [3.8, 4) is 0 Å². The first-order chi connectivity index (χ1) is 8.66. The number of hydrogen-bond acceptors (Lipinski definition) is 3. The Kier molecular flexibility index (Phi) is 3.92. The first-order valence-corrected chi connectivity index (χ1v) is 6.07. The second-order valence-corrected chi connectivity index (χ2v) is 4.59. The number of rotatable bonds is 3. The highest BCUT2D eigenvalue weighted by atomic mass is 16.2. The third-order valence-electron chi connectivity index (χ3n) is 3.16. The van der Waals surface area contributed by atoms with Crippen molar-refractivity contribution in [1.29, 1.82) is 0 Å². The molecule has 1 aromatic heterocycles. The molecule has 1 unspecified atom stereocenters. The summed E-state index contributed by atoms with van der Waals surface area (Å²) in [6, 6.07) is 3.79. The second kappa shape index (κ2) is 5.62. The second-order valence-electron chi connectivity index (χ2n) is 4.59. The molecule has 5 heteroatoms. The predicted octanol–water partition coefficient (Wildman–Crippen LogP) is 0.566. The van der Waals surface area contributed by atoms with Crippen LogP contribution in [-0.4, -0.2) is 35.3 Å². The molecular formula is C13H17N3O2. The highest BCUT2D eigenvalue weighted by Crippen LogP contribution is 2.14. The number of aromatic nitrogens is 1. The van der Waals surface area contributed by atoms with Crippen molar-refractivity contribution in [2.45, 2.75) is 19.4 Å². The summed E-state index contributed by atoms with van der Waals surface area (Å²) >= 11 is 0. The molecule has 0 aromatic carbocycles. The zero-order valence-electron chi connectivity index (χ0n) is 10.4. The van der Waals surface area contributed by atoms with Gasteiger partial charge in [-0.2, -0.15) is 0 Å². The van der Waals surface area contributed by atoms with Crippen molar-refractivity contribution in [1.82, 2.24) is 15.2 Å². The fourth-order valence-corrected chi connectivity index (χ4v) is 2.10. The van der Waals surface area contributed by atoms with E-state index in [1.807, 2.05) is 12.1 Å². The number of hydrogen-bond donors (Lipinski definition) is 1. The van der Waals surface area contributed by atoms with Gasteiger partial charge in [-0.15, -0.1) is 0 Å². The maximum atomic E-state index is 12.2. The van der Waals surface area contributed by atoms with Crippen molar-refractivity contribution < 1.29 is 9.59 Å². The summed E-state index contributed by atoms with van der Waals surface area (Å²) in [6.07, 6.45) is 4.52. The number of nitrogens with zero attached hydrogens (tertiary/aromatic N) is 2. The van der Waals surface area contributed by atoms with Crippen molar-refractivity contribution in [3.63, 3.8) is 0 Å². The lowest BCUT2D eigenvalue weighted by Crippen LogP contribution is -2.43. The highest BCUT2D eigenvalue weighted by molar-refractivity contribution is 5.83. The maximum Gasteiger partial charge on any atom is 0.227 e. The van der Waals surface area contributed by atoms with E-state index in [1.54, 1.807) is 24.3 Å². The van der Waals surface area contributed by atoms with E-state index < -0.39 is 0 Å². The number of pyridine rings is 1. The average Bonchev–Trinajstić information content (AvgIpc) is 2.40. The van der Waals surface area contributed by atoms with E-state index in [9.17, 15) is 9.59 Å². The number of nitrogens with one attached hydrogen (secondary N) is 1. The van der Waals surface area contributed by atoms with Crippen LogP contribution in [0.3, 0.4) is 0 Å². The van der Waals surface area contributed by atoms with Gasteiger partial charge in [0.2, 0.25) is 11.8 Å². The first-order valence-electron chi connectivity index (χ1n) is 6.07. The van der Waals surface area contributed by atoms with E-state index in [0.29, 0.717) is 25.9 Å². The van der Waals surface area contributed by atoms with E-state index in [2.05, 4.69) is 10.3 Å². The molecule has 1 aliphatic rings. The summed E-state index contributed by atoms with van der Waals surface area (Å²) in [5.74, 6) is 0.0391. The first kappa shape index (κ1) is 12.5. The van der Waals surface area contributed by atoms with Gasteiger partial charge < -0.3 is 10.2 Å². The van der Waals surface area contributed by atoms with Crippen molar-refractivity contribution in [2.24, 2.45) is 5.92 Å². The Balaban J connectivity index is 1.91. The summed E-state index contributed by atoms with van der Waals surface area (Å²) in [5.41, 5.74) is 1.06. The van der Waals surface area contributed by atoms with Crippen LogP contribution >= 0.6 is 0 Å². The van der Waals surface area contributed by atoms with E-state index in [-0.39, 0.29) is 17.7 Å². The zero-order chi connectivity index (χ0) is 13.0. The minimum Gasteiger partial charge on any atom is -0.355 e. The van der Waals surface area contributed by atoms with E-state index in [0.717, 1.165) is 5.56 Å². The Morgan fingerprint density at radius 3 is 2.83 bits per heavy atom. The van der Waals surface area contributed by atoms with Crippen LogP contribution < -0.4 is 5.32 Å². The van der Waals surface area contributed by atoms with Crippen LogP contribution in [0.4, 0.5) is 0 Å². The summed E-state index contributed by atoms with van der Waals surface area (Å²) in [5, 5.41) is 2.74. The Hall–Kier alpha value is -1.91. The van der Waals surface area contributed by atoms with Crippen LogP contribution in [0.25, 0.3) is 0 Å². The summed E-state index contributed by atoms with van der Waals surface area (Å²) in [4.78, 5) is 28.9. The number of carbonyl (C=O) groups is 2. The van der Waals surface area contributed by atoms with Crippen LogP contribution in [0.1, 0.15) is 18.4 Å². The molecule has 1 saturated heterocycles. The highest BCUT2D eigenvalue weighted by Gasteiger charge is 2.26. The molecule has 0 bridgehead atoms. The molecule has 1 aromatic rings. The molecule has 1 N–H and O–H groups in total. The SMILES string of the molecule is CN(Cc1ccncc1)C(=O)C1CCC(=O)NC1. The lowest BCUT2D eigenvalue weighted by molar-refractivity contribution is -0.136. The Morgan fingerprint density at radius 1 is 1.50 bits per heavy atom. The Labute approximate surface area is 106 Å². The Bertz CT molecular complexity index is 423. The molecule has 18 heavy (non-hydrogen) atoms. The predicted molar refractivity (Wildman–Crippen MR) is 66.4 cm³/mol. The molecule has 0 saturated carbocycles. The molecule has 0 radical (unpaired) electrons. The van der Waals surface area contributed by atoms with Gasteiger partial charge in [-0.05, 0) is 24.1 Å². The number of amides is 2. The third kappa shape index (κ3) is 3.06. The quantitative estimate of drug-likeness (QED) is 0.849. The van der Waals surface area contributed by atoms with Gasteiger partial charge in [-0.1, -0.05) is 0 Å². The lowest BCUT2D eigenvalue weighted by Gasteiger charge is -2.26. The standard InChI is InChI=1S/C13H17N3O2/c1-16(9-10-4-6-14-7-5-10)13(18)11-2-3-12(17)15-8-11/h4-7,11H,2-3,8-9H2,1H3,(H,15,17). The van der Waals surface area contributed by atoms with Crippen LogP contribution in [0.15, 0.2) is 24.5 Å². The molecule has 1 atom stereocenters. The Morgan fingerprint density at radius 2 is 2.22 bits per heavy atom. The summed E-state index contributed by atoms with van der Waals surface area (Å²) in [6.45, 7) is 1.03. The molecule has 2 amide bonds. The molecule has 2 rings (SSSR count). The van der Waals surface area contributed by atoms with Gasteiger partial charge in [0.05, 0.1) is 5.92 Å². The van der Waals surface area contributed by atoms with Crippen molar-refractivity contribution in [2.75, 3.05) is 13.6 Å². The fraction of sp³-hybridized carbons (Fsp3) is 0.462. The van der Waals surface area contributed by atoms with Gasteiger partial charge in [0.15, 0.2) is 0 Å². The molecule has 2 heterocycles. The van der Waals surface area contributed by atoms with Gasteiger partial charge in [0.25, 0.3) is 0 Å². The molecule has 1 aliphatic heterocycles. The fourth-order valence-electron chi connectivity index (χ4n) is 2.10. The van der Waals surface area contributed by atoms with Gasteiger partial charge in [0, 0.05) is 39.0 Å². The molecule has 5 nitrogen and oxygen atoms in total. The topological polar surface area (TPSA) is 62.3 Å². The van der Waals surface area contributed by atoms with Crippen LogP contribution in [0.2, 0.25) is 0 Å². The van der Waals surface area contributed by atoms with Gasteiger partial charge in [-0.25, -0.2) is 0 Å². The number of piperidine rings is 1. The maximum absolute atomic E-state index is 12.2. The minimum absolute atomic E-state index is 0.0378. The molecular weight excluding hydrogens is 230 g/mol. The summed E-state index contributed by atoms with van der Waals surface area (Å²) in [7, 11) is 1.79. The van der Waals surface area contributed by atoms with Gasteiger partial charge in [0.1, 0.15) is 0 Å². The van der Waals surface area contributed by atoms with Crippen LogP contribution in [0.5, 0.6) is 0 Å². The van der Waals surface area contributed by atoms with Gasteiger partial charge in [-0.3, -0.25) is 14.6 Å². The molecule has 0 aliphatic carbocycles. The van der Waals surface area contributed by atoms with Crippen LogP contribution in [0, 0.1) is 5.92 Å². The largest absolute Gasteiger partial charge is 0.355 e. The van der Waals surface area contributed by atoms with Crippen molar-refractivity contribution >= 4 is 11.8 Å². The minimum atomic E-state index is -0.0884. The van der Waals surface area contributed by atoms with Gasteiger partial charge >= 0.3 is 0 Å². The average molecular weight is 247 g/mol. The summed E-state index contributed by atoms with van der Waals surface area (Å²) < 4.78 is 0. The lowest BCUT2D eigenvalue weighted by atomic mass is 9.97. The van der Waals surface area contributed by atoms with E-state index >= 15 is 0 Å². The monoisotopic (exact) mass is 247 g/mol. The molecule has 0 spiro atoms. The van der Waals surface area contributed by atoms with E-state index in [4.69, 9.17) is 0 Å².